The molecule has 0 saturated heterocycles. The van der Waals surface area contributed by atoms with Gasteiger partial charge in [0.1, 0.15) is 6.61 Å². The van der Waals surface area contributed by atoms with Crippen molar-refractivity contribution in [3.63, 3.8) is 0 Å². The van der Waals surface area contributed by atoms with Crippen LogP contribution in [-0.2, 0) is 16.1 Å². The highest BCUT2D eigenvalue weighted by molar-refractivity contribution is 5.95. The van der Waals surface area contributed by atoms with Crippen molar-refractivity contribution in [2.75, 3.05) is 14.2 Å². The molecule has 0 bridgehead atoms. The van der Waals surface area contributed by atoms with E-state index in [4.69, 9.17) is 14.2 Å². The minimum Gasteiger partial charge on any atom is -0.493 e. The van der Waals surface area contributed by atoms with E-state index in [2.05, 4.69) is 10.6 Å². The van der Waals surface area contributed by atoms with Gasteiger partial charge in [0.25, 0.3) is 5.69 Å². The summed E-state index contributed by atoms with van der Waals surface area (Å²) in [5, 5.41) is 16.8. The molecule has 0 saturated carbocycles. The second-order valence-electron chi connectivity index (χ2n) is 6.65. The van der Waals surface area contributed by atoms with Gasteiger partial charge in [0.15, 0.2) is 11.5 Å². The molecule has 0 aliphatic carbocycles. The molecule has 1 heterocycles. The first-order valence-corrected chi connectivity index (χ1v) is 9.25. The molecular formula is C21H21N3O7. The molecule has 10 nitrogen and oxygen atoms in total. The molecule has 0 aromatic heterocycles. The number of urea groups is 1. The summed E-state index contributed by atoms with van der Waals surface area (Å²) in [6.07, 6.45) is 0. The molecule has 2 amide bonds. The molecule has 1 aliphatic rings. The predicted octanol–water partition coefficient (Wildman–Crippen LogP) is 2.98. The van der Waals surface area contributed by atoms with Crippen molar-refractivity contribution < 1.29 is 28.7 Å². The van der Waals surface area contributed by atoms with Crippen LogP contribution in [0.15, 0.2) is 53.7 Å². The molecule has 0 fully saturated rings. The van der Waals surface area contributed by atoms with Crippen molar-refractivity contribution in [2.24, 2.45) is 0 Å². The van der Waals surface area contributed by atoms with E-state index in [9.17, 15) is 19.7 Å². The summed E-state index contributed by atoms with van der Waals surface area (Å²) in [7, 11) is 2.73. The Morgan fingerprint density at radius 2 is 1.77 bits per heavy atom. The number of allylic oxidation sites excluding steroid dienone is 1. The molecular weight excluding hydrogens is 406 g/mol. The van der Waals surface area contributed by atoms with Gasteiger partial charge in [0, 0.05) is 5.70 Å². The smallest absolute Gasteiger partial charge is 0.338 e. The minimum atomic E-state index is -1.13. The molecule has 2 N–H and O–H groups in total. The summed E-state index contributed by atoms with van der Waals surface area (Å²) < 4.78 is 15.8. The first-order valence-electron chi connectivity index (χ1n) is 9.25. The van der Waals surface area contributed by atoms with Crippen molar-refractivity contribution >= 4 is 17.7 Å². The molecule has 2 aromatic carbocycles. The Hall–Kier alpha value is -4.08. The number of hydrogen-bond donors (Lipinski definition) is 2. The van der Waals surface area contributed by atoms with E-state index in [-0.39, 0.29) is 40.6 Å². The van der Waals surface area contributed by atoms with Crippen LogP contribution in [0.3, 0.4) is 0 Å². The number of carbonyl (C=O) groups excluding carboxylic acids is 2. The summed E-state index contributed by atoms with van der Waals surface area (Å²) in [5.74, 6) is -0.361. The Morgan fingerprint density at radius 1 is 1.13 bits per heavy atom. The van der Waals surface area contributed by atoms with Crippen molar-refractivity contribution in [1.29, 1.82) is 0 Å². The zero-order valence-corrected chi connectivity index (χ0v) is 17.1. The van der Waals surface area contributed by atoms with Gasteiger partial charge in [-0.3, -0.25) is 10.1 Å². The van der Waals surface area contributed by atoms with Gasteiger partial charge in [-0.05, 0) is 18.6 Å². The number of amides is 2. The number of esters is 1. The van der Waals surface area contributed by atoms with Crippen LogP contribution in [0.4, 0.5) is 10.5 Å². The number of nitrogens with one attached hydrogen (secondary N) is 2. The molecule has 31 heavy (non-hydrogen) atoms. The third kappa shape index (κ3) is 4.58. The number of carbonyl (C=O) groups is 2. The summed E-state index contributed by atoms with van der Waals surface area (Å²) in [6, 6.07) is 9.87. The number of rotatable bonds is 7. The lowest BCUT2D eigenvalue weighted by atomic mass is 9.93. The monoisotopic (exact) mass is 427 g/mol. The van der Waals surface area contributed by atoms with E-state index in [0.29, 0.717) is 0 Å². The van der Waals surface area contributed by atoms with Crippen LogP contribution in [-0.4, -0.2) is 31.1 Å². The molecule has 1 unspecified atom stereocenters. The molecule has 0 radical (unpaired) electrons. The van der Waals surface area contributed by atoms with Crippen LogP contribution in [0.2, 0.25) is 0 Å². The third-order valence-electron chi connectivity index (χ3n) is 4.74. The van der Waals surface area contributed by atoms with Crippen LogP contribution in [0.5, 0.6) is 11.5 Å². The number of ether oxygens (including phenoxy) is 3. The van der Waals surface area contributed by atoms with Gasteiger partial charge in [-0.1, -0.05) is 30.3 Å². The number of hydrogen-bond acceptors (Lipinski definition) is 7. The maximum atomic E-state index is 12.9. The van der Waals surface area contributed by atoms with Gasteiger partial charge in [0.05, 0.1) is 42.4 Å². The van der Waals surface area contributed by atoms with Crippen molar-refractivity contribution in [2.45, 2.75) is 19.6 Å². The number of methoxy groups -OCH3 is 2. The van der Waals surface area contributed by atoms with Gasteiger partial charge in [-0.25, -0.2) is 9.59 Å². The number of nitro benzene ring substituents is 1. The lowest BCUT2D eigenvalue weighted by molar-refractivity contribution is -0.385. The lowest BCUT2D eigenvalue weighted by Crippen LogP contribution is -2.45. The van der Waals surface area contributed by atoms with Gasteiger partial charge in [0.2, 0.25) is 0 Å². The molecule has 162 valence electrons. The first-order chi connectivity index (χ1) is 14.8. The van der Waals surface area contributed by atoms with Crippen LogP contribution < -0.4 is 20.1 Å². The van der Waals surface area contributed by atoms with Gasteiger partial charge in [-0.2, -0.15) is 0 Å². The SMILES string of the molecule is COc1cc(C2NC(=O)NC(C)=C2C(=O)OCc2ccccc2)c([N+](=O)[O-])cc1OC. The highest BCUT2D eigenvalue weighted by Gasteiger charge is 2.37. The lowest BCUT2D eigenvalue weighted by Gasteiger charge is -2.28. The van der Waals surface area contributed by atoms with Crippen LogP contribution in [0.25, 0.3) is 0 Å². The Balaban J connectivity index is 2.03. The number of benzene rings is 2. The Bertz CT molecular complexity index is 1050. The average Bonchev–Trinajstić information content (AvgIpc) is 2.76. The Kier molecular flexibility index (Phi) is 6.39. The normalized spacial score (nSPS) is 15.6. The van der Waals surface area contributed by atoms with Crippen LogP contribution in [0.1, 0.15) is 24.1 Å². The first kappa shape index (κ1) is 21.6. The van der Waals surface area contributed by atoms with E-state index in [1.807, 2.05) is 18.2 Å². The fraction of sp³-hybridized carbons (Fsp3) is 0.238. The molecule has 2 aromatic rings. The van der Waals surface area contributed by atoms with Crippen molar-refractivity contribution in [3.05, 3.63) is 75.0 Å². The zero-order chi connectivity index (χ0) is 22.5. The van der Waals surface area contributed by atoms with Gasteiger partial charge in [-0.15, -0.1) is 0 Å². The fourth-order valence-corrected chi connectivity index (χ4v) is 3.27. The zero-order valence-electron chi connectivity index (χ0n) is 17.1. The Morgan fingerprint density at radius 3 is 2.39 bits per heavy atom. The predicted molar refractivity (Wildman–Crippen MR) is 110 cm³/mol. The van der Waals surface area contributed by atoms with E-state index in [0.717, 1.165) is 5.56 Å². The Labute approximate surface area is 177 Å². The second-order valence-corrected chi connectivity index (χ2v) is 6.65. The third-order valence-corrected chi connectivity index (χ3v) is 4.74. The average molecular weight is 427 g/mol. The van der Waals surface area contributed by atoms with Crippen molar-refractivity contribution in [1.82, 2.24) is 10.6 Å². The minimum absolute atomic E-state index is 0.00511. The summed E-state index contributed by atoms with van der Waals surface area (Å²) in [6.45, 7) is 1.53. The highest BCUT2D eigenvalue weighted by atomic mass is 16.6. The second kappa shape index (κ2) is 9.16. The molecule has 0 spiro atoms. The van der Waals surface area contributed by atoms with E-state index < -0.39 is 23.0 Å². The summed E-state index contributed by atoms with van der Waals surface area (Å²) >= 11 is 0. The number of nitro groups is 1. The molecule has 1 aliphatic heterocycles. The van der Waals surface area contributed by atoms with E-state index in [1.165, 1.54) is 33.3 Å². The van der Waals surface area contributed by atoms with Gasteiger partial charge < -0.3 is 24.8 Å². The standard InChI is InChI=1S/C21H21N3O7/c1-12-18(20(25)31-11-13-7-5-4-6-8-13)19(23-21(26)22-12)14-9-16(29-2)17(30-3)10-15(14)24(27)28/h4-10,19H,11H2,1-3H3,(H2,22,23,26). The van der Waals surface area contributed by atoms with E-state index >= 15 is 0 Å². The van der Waals surface area contributed by atoms with Crippen molar-refractivity contribution in [3.8, 4) is 11.5 Å². The maximum Gasteiger partial charge on any atom is 0.338 e. The summed E-state index contributed by atoms with van der Waals surface area (Å²) in [5.41, 5.74) is 0.770. The van der Waals surface area contributed by atoms with Gasteiger partial charge >= 0.3 is 12.0 Å². The molecule has 10 heteroatoms. The number of nitrogens with zero attached hydrogens (tertiary/aromatic N) is 1. The van der Waals surface area contributed by atoms with Crippen LogP contribution in [0, 0.1) is 10.1 Å². The fourth-order valence-electron chi connectivity index (χ4n) is 3.27. The molecule has 3 rings (SSSR count). The highest BCUT2D eigenvalue weighted by Crippen LogP contribution is 2.40. The molecule has 1 atom stereocenters. The van der Waals surface area contributed by atoms with E-state index in [1.54, 1.807) is 12.1 Å². The maximum absolute atomic E-state index is 12.9. The largest absolute Gasteiger partial charge is 0.493 e. The summed E-state index contributed by atoms with van der Waals surface area (Å²) in [4.78, 5) is 36.2. The topological polar surface area (TPSA) is 129 Å². The van der Waals surface area contributed by atoms with Crippen LogP contribution >= 0.6 is 0 Å². The quantitative estimate of drug-likeness (QED) is 0.395.